The Labute approximate surface area is 138 Å². The van der Waals surface area contributed by atoms with Gasteiger partial charge >= 0.3 is 0 Å². The third-order valence-corrected chi connectivity index (χ3v) is 5.85. The maximum absolute atomic E-state index is 11.8. The molecule has 0 radical (unpaired) electrons. The van der Waals surface area contributed by atoms with E-state index in [9.17, 15) is 8.42 Å². The molecule has 4 heterocycles. The Hall–Kier alpha value is -2.42. The van der Waals surface area contributed by atoms with E-state index < -0.39 is 9.84 Å². The summed E-state index contributed by atoms with van der Waals surface area (Å²) in [7, 11) is -3.00. The Balaban J connectivity index is 1.71. The molecule has 1 saturated heterocycles. The van der Waals surface area contributed by atoms with Gasteiger partial charge in [0, 0.05) is 0 Å². The lowest BCUT2D eigenvalue weighted by atomic mass is 10.2. The summed E-state index contributed by atoms with van der Waals surface area (Å²) < 4.78 is 30.8. The van der Waals surface area contributed by atoms with Crippen LogP contribution in [0.15, 0.2) is 22.6 Å². The van der Waals surface area contributed by atoms with Crippen molar-refractivity contribution < 1.29 is 12.8 Å². The van der Waals surface area contributed by atoms with E-state index in [1.165, 1.54) is 0 Å². The van der Waals surface area contributed by atoms with Crippen LogP contribution >= 0.6 is 0 Å². The monoisotopic (exact) mass is 347 g/mol. The largest absolute Gasteiger partial charge is 0.460 e. The van der Waals surface area contributed by atoms with Crippen LogP contribution in [0.5, 0.6) is 0 Å². The van der Waals surface area contributed by atoms with Gasteiger partial charge in [-0.15, -0.1) is 0 Å². The molecule has 1 fully saturated rings. The number of hydrogen-bond acceptors (Lipinski definition) is 6. The first kappa shape index (κ1) is 15.1. The molecule has 0 saturated carbocycles. The molecule has 3 aromatic heterocycles. The van der Waals surface area contributed by atoms with E-state index >= 15 is 0 Å². The number of hydrogen-bond donors (Lipinski definition) is 1. The Kier molecular flexibility index (Phi) is 3.34. The molecular formula is C15H17N5O3S. The second-order valence-electron chi connectivity index (χ2n) is 6.06. The van der Waals surface area contributed by atoms with Crippen molar-refractivity contribution in [2.45, 2.75) is 26.3 Å². The van der Waals surface area contributed by atoms with Gasteiger partial charge in [-0.2, -0.15) is 10.2 Å². The molecule has 0 amide bonds. The number of aromatic nitrogens is 5. The molecule has 1 aliphatic heterocycles. The number of nitrogens with zero attached hydrogens (tertiary/aromatic N) is 4. The summed E-state index contributed by atoms with van der Waals surface area (Å²) in [4.78, 5) is 4.43. The number of aromatic amines is 1. The van der Waals surface area contributed by atoms with Crippen LogP contribution in [0.25, 0.3) is 23.0 Å². The van der Waals surface area contributed by atoms with Gasteiger partial charge in [0.1, 0.15) is 23.0 Å². The molecule has 0 spiro atoms. The lowest BCUT2D eigenvalue weighted by Gasteiger charge is -2.10. The molecule has 9 heteroatoms. The minimum Gasteiger partial charge on any atom is -0.460 e. The number of H-pyrrole nitrogens is 1. The third-order valence-electron chi connectivity index (χ3n) is 4.10. The maximum Gasteiger partial charge on any atom is 0.179 e. The highest BCUT2D eigenvalue weighted by Gasteiger charge is 2.32. The van der Waals surface area contributed by atoms with Crippen LogP contribution in [0.3, 0.4) is 0 Å². The first-order valence-electron chi connectivity index (χ1n) is 7.67. The lowest BCUT2D eigenvalue weighted by molar-refractivity contribution is 0.501. The zero-order chi connectivity index (χ0) is 16.9. The van der Waals surface area contributed by atoms with Crippen molar-refractivity contribution in [3.8, 4) is 23.0 Å². The average Bonchev–Trinajstić information content (AvgIpc) is 3.24. The minimum absolute atomic E-state index is 0.0947. The maximum atomic E-state index is 11.8. The Morgan fingerprint density at radius 3 is 2.83 bits per heavy atom. The summed E-state index contributed by atoms with van der Waals surface area (Å²) in [6, 6.07) is 5.39. The first-order chi connectivity index (χ1) is 11.4. The molecular weight excluding hydrogens is 330 g/mol. The average molecular weight is 347 g/mol. The molecule has 24 heavy (non-hydrogen) atoms. The fraction of sp³-hybridized carbons (Fsp3) is 0.400. The van der Waals surface area contributed by atoms with E-state index in [1.54, 1.807) is 11.6 Å². The number of sulfone groups is 1. The number of nitrogens with one attached hydrogen (secondary N) is 1. The SMILES string of the molecule is Cc1nc(-c2cc(-c3ccc(C)o3)[nH]n2)n([C@H]2CCS(=O)(=O)C2)n1. The zero-order valence-corrected chi connectivity index (χ0v) is 14.2. The Morgan fingerprint density at radius 2 is 2.17 bits per heavy atom. The van der Waals surface area contributed by atoms with E-state index in [4.69, 9.17) is 4.42 Å². The third kappa shape index (κ3) is 2.64. The second kappa shape index (κ2) is 5.30. The summed E-state index contributed by atoms with van der Waals surface area (Å²) in [6.07, 6.45) is 0.548. The topological polar surface area (TPSA) is 107 Å². The Morgan fingerprint density at radius 1 is 1.33 bits per heavy atom. The van der Waals surface area contributed by atoms with Crippen LogP contribution in [0.1, 0.15) is 24.0 Å². The quantitative estimate of drug-likeness (QED) is 0.775. The summed E-state index contributed by atoms with van der Waals surface area (Å²) in [6.45, 7) is 3.66. The summed E-state index contributed by atoms with van der Waals surface area (Å²) >= 11 is 0. The predicted molar refractivity (Wildman–Crippen MR) is 87.1 cm³/mol. The number of aryl methyl sites for hydroxylation is 2. The molecule has 0 bridgehead atoms. The van der Waals surface area contributed by atoms with Gasteiger partial charge in [-0.25, -0.2) is 18.1 Å². The van der Waals surface area contributed by atoms with Crippen LogP contribution in [0, 0.1) is 13.8 Å². The van der Waals surface area contributed by atoms with Gasteiger partial charge in [-0.3, -0.25) is 5.10 Å². The van der Waals surface area contributed by atoms with Gasteiger partial charge in [0.05, 0.1) is 17.5 Å². The van der Waals surface area contributed by atoms with Gasteiger partial charge < -0.3 is 4.42 Å². The zero-order valence-electron chi connectivity index (χ0n) is 13.4. The van der Waals surface area contributed by atoms with Crippen molar-refractivity contribution in [2.24, 2.45) is 0 Å². The number of rotatable bonds is 3. The number of furan rings is 1. The van der Waals surface area contributed by atoms with Crippen molar-refractivity contribution in [3.63, 3.8) is 0 Å². The van der Waals surface area contributed by atoms with E-state index in [0.29, 0.717) is 29.5 Å². The van der Waals surface area contributed by atoms with E-state index in [0.717, 1.165) is 11.5 Å². The normalized spacial score (nSPS) is 19.8. The van der Waals surface area contributed by atoms with Gasteiger partial charge in [-0.1, -0.05) is 0 Å². The van der Waals surface area contributed by atoms with Crippen molar-refractivity contribution in [3.05, 3.63) is 29.8 Å². The summed E-state index contributed by atoms with van der Waals surface area (Å²) in [5.74, 6) is 2.95. The molecule has 8 nitrogen and oxygen atoms in total. The van der Waals surface area contributed by atoms with Crippen molar-refractivity contribution >= 4 is 9.84 Å². The smallest absolute Gasteiger partial charge is 0.179 e. The van der Waals surface area contributed by atoms with E-state index in [1.807, 2.05) is 25.1 Å². The highest BCUT2D eigenvalue weighted by Crippen LogP contribution is 2.29. The van der Waals surface area contributed by atoms with Crippen LogP contribution < -0.4 is 0 Å². The van der Waals surface area contributed by atoms with E-state index in [-0.39, 0.29) is 17.5 Å². The fourth-order valence-electron chi connectivity index (χ4n) is 2.97. The highest BCUT2D eigenvalue weighted by atomic mass is 32.2. The molecule has 4 rings (SSSR count). The molecule has 1 aliphatic rings. The van der Waals surface area contributed by atoms with E-state index in [2.05, 4.69) is 20.3 Å². The molecule has 1 N–H and O–H groups in total. The van der Waals surface area contributed by atoms with Gasteiger partial charge in [-0.05, 0) is 38.5 Å². The summed E-state index contributed by atoms with van der Waals surface area (Å²) in [5.41, 5.74) is 1.35. The fourth-order valence-corrected chi connectivity index (χ4v) is 4.66. The standard InChI is InChI=1S/C15H17N5O3S/c1-9-3-4-14(23-9)12-7-13(18-17-12)15-16-10(2)19-20(15)11-5-6-24(21,22)8-11/h3-4,7,11H,5-6,8H2,1-2H3,(H,17,18)/t11-/m0/s1. The minimum atomic E-state index is -3.00. The molecule has 0 unspecified atom stereocenters. The predicted octanol–water partition coefficient (Wildman–Crippen LogP) is 1.90. The lowest BCUT2D eigenvalue weighted by Crippen LogP contribution is -2.14. The van der Waals surface area contributed by atoms with Gasteiger partial charge in [0.2, 0.25) is 0 Å². The first-order valence-corrected chi connectivity index (χ1v) is 9.49. The molecule has 0 aromatic carbocycles. The van der Waals surface area contributed by atoms with Crippen molar-refractivity contribution in [2.75, 3.05) is 11.5 Å². The van der Waals surface area contributed by atoms with Gasteiger partial charge in [0.15, 0.2) is 21.4 Å². The van der Waals surface area contributed by atoms with Crippen LogP contribution in [-0.4, -0.2) is 44.9 Å². The molecule has 0 aliphatic carbocycles. The molecule has 3 aromatic rings. The van der Waals surface area contributed by atoms with Crippen LogP contribution in [0.2, 0.25) is 0 Å². The summed E-state index contributed by atoms with van der Waals surface area (Å²) in [5, 5.41) is 11.6. The molecule has 1 atom stereocenters. The van der Waals surface area contributed by atoms with Crippen molar-refractivity contribution in [1.29, 1.82) is 0 Å². The van der Waals surface area contributed by atoms with Crippen LogP contribution in [-0.2, 0) is 9.84 Å². The van der Waals surface area contributed by atoms with Crippen molar-refractivity contribution in [1.82, 2.24) is 25.0 Å². The second-order valence-corrected chi connectivity index (χ2v) is 8.29. The van der Waals surface area contributed by atoms with Gasteiger partial charge in [0.25, 0.3) is 0 Å². The highest BCUT2D eigenvalue weighted by molar-refractivity contribution is 7.91. The molecule has 126 valence electrons. The van der Waals surface area contributed by atoms with Crippen LogP contribution in [0.4, 0.5) is 0 Å². The Bertz CT molecular complexity index is 998.